The van der Waals surface area contributed by atoms with Crippen LogP contribution in [0.3, 0.4) is 0 Å². The van der Waals surface area contributed by atoms with Gasteiger partial charge in [-0.25, -0.2) is 8.42 Å². The van der Waals surface area contributed by atoms with E-state index in [1.165, 1.54) is 17.0 Å². The van der Waals surface area contributed by atoms with Crippen LogP contribution in [-0.2, 0) is 26.2 Å². The van der Waals surface area contributed by atoms with Gasteiger partial charge in [-0.3, -0.25) is 13.9 Å². The molecule has 0 spiro atoms. The number of rotatable bonds is 12. The predicted molar refractivity (Wildman–Crippen MR) is 171 cm³/mol. The van der Waals surface area contributed by atoms with Crippen LogP contribution in [0.2, 0.25) is 10.0 Å². The second-order valence-electron chi connectivity index (χ2n) is 10.9. The number of aryl methyl sites for hydroxylation is 1. The highest BCUT2D eigenvalue weighted by atomic mass is 35.5. The average Bonchev–Trinajstić information content (AvgIpc) is 2.92. The molecule has 0 fully saturated rings. The lowest BCUT2D eigenvalue weighted by Crippen LogP contribution is -2.53. The number of carbonyl (C=O) groups excluding carboxylic acids is 2. The van der Waals surface area contributed by atoms with E-state index in [-0.39, 0.29) is 29.3 Å². The Morgan fingerprint density at radius 2 is 1.52 bits per heavy atom. The molecule has 1 atom stereocenters. The van der Waals surface area contributed by atoms with Crippen LogP contribution in [-0.4, -0.2) is 43.8 Å². The van der Waals surface area contributed by atoms with E-state index < -0.39 is 28.5 Å². The SMILES string of the molecule is CCC(C(=O)NC(C)C)N(Cc1ccc(Cl)cc1Cl)C(=O)CN(c1ccc(C(C)C)cc1)S(=O)(=O)c1ccc(C)cc1. The summed E-state index contributed by atoms with van der Waals surface area (Å²) in [5.74, 6) is -0.636. The minimum atomic E-state index is -4.15. The molecule has 0 saturated heterocycles. The summed E-state index contributed by atoms with van der Waals surface area (Å²) in [6.07, 6.45) is 0.309. The van der Waals surface area contributed by atoms with Gasteiger partial charge in [-0.1, -0.05) is 79.9 Å². The standard InChI is InChI=1S/C32H39Cl2N3O4S/c1-7-30(32(39)35-22(4)5)36(19-25-10-13-26(33)18-29(25)34)31(38)20-37(27-14-11-24(12-15-27)21(2)3)42(40,41)28-16-8-23(6)9-17-28/h8-18,21-22,30H,7,19-20H2,1-6H3,(H,35,39). The smallest absolute Gasteiger partial charge is 0.264 e. The summed E-state index contributed by atoms with van der Waals surface area (Å²) in [6, 6.07) is 17.5. The normalized spacial score (nSPS) is 12.3. The highest BCUT2D eigenvalue weighted by molar-refractivity contribution is 7.92. The van der Waals surface area contributed by atoms with E-state index in [0.717, 1.165) is 15.4 Å². The molecule has 42 heavy (non-hydrogen) atoms. The summed E-state index contributed by atoms with van der Waals surface area (Å²) in [4.78, 5) is 28.9. The first kappa shape index (κ1) is 33.4. The Bertz CT molecular complexity index is 1490. The highest BCUT2D eigenvalue weighted by Crippen LogP contribution is 2.28. The van der Waals surface area contributed by atoms with Gasteiger partial charge in [-0.2, -0.15) is 0 Å². The maximum absolute atomic E-state index is 14.2. The fourth-order valence-corrected chi connectivity index (χ4v) is 6.41. The number of benzene rings is 3. The van der Waals surface area contributed by atoms with Crippen molar-refractivity contribution in [2.45, 2.75) is 77.4 Å². The quantitative estimate of drug-likeness (QED) is 0.234. The first-order valence-corrected chi connectivity index (χ1v) is 16.2. The largest absolute Gasteiger partial charge is 0.352 e. The number of nitrogens with zero attached hydrogens (tertiary/aromatic N) is 2. The number of halogens is 2. The molecule has 0 bridgehead atoms. The van der Waals surface area contributed by atoms with Gasteiger partial charge in [-0.15, -0.1) is 0 Å². The number of carbonyl (C=O) groups is 2. The summed E-state index contributed by atoms with van der Waals surface area (Å²) in [5, 5.41) is 3.66. The number of amides is 2. The van der Waals surface area contributed by atoms with Crippen molar-refractivity contribution in [2.24, 2.45) is 0 Å². The van der Waals surface area contributed by atoms with Crippen molar-refractivity contribution in [3.05, 3.63) is 93.5 Å². The number of nitrogens with one attached hydrogen (secondary N) is 1. The molecule has 0 aromatic heterocycles. The number of anilines is 1. The van der Waals surface area contributed by atoms with Crippen molar-refractivity contribution in [3.63, 3.8) is 0 Å². The third kappa shape index (κ3) is 8.27. The van der Waals surface area contributed by atoms with Gasteiger partial charge in [0.15, 0.2) is 0 Å². The van der Waals surface area contributed by atoms with Gasteiger partial charge >= 0.3 is 0 Å². The summed E-state index contributed by atoms with van der Waals surface area (Å²) in [7, 11) is -4.15. The molecule has 3 aromatic rings. The van der Waals surface area contributed by atoms with E-state index in [4.69, 9.17) is 23.2 Å². The van der Waals surface area contributed by atoms with Gasteiger partial charge < -0.3 is 10.2 Å². The van der Waals surface area contributed by atoms with E-state index in [2.05, 4.69) is 5.32 Å². The zero-order chi connectivity index (χ0) is 31.2. The zero-order valence-corrected chi connectivity index (χ0v) is 27.2. The first-order chi connectivity index (χ1) is 19.7. The number of sulfonamides is 1. The van der Waals surface area contributed by atoms with Crippen LogP contribution in [0.25, 0.3) is 0 Å². The second-order valence-corrected chi connectivity index (χ2v) is 13.6. The lowest BCUT2D eigenvalue weighted by Gasteiger charge is -2.33. The molecule has 1 N–H and O–H groups in total. The Balaban J connectivity index is 2.10. The Hall–Kier alpha value is -3.07. The molecule has 0 saturated carbocycles. The monoisotopic (exact) mass is 631 g/mol. The summed E-state index contributed by atoms with van der Waals surface area (Å²) in [6.45, 7) is 10.9. The van der Waals surface area contributed by atoms with Crippen LogP contribution < -0.4 is 9.62 Å². The van der Waals surface area contributed by atoms with Crippen LogP contribution in [0.15, 0.2) is 71.6 Å². The van der Waals surface area contributed by atoms with Gasteiger partial charge in [-0.05, 0) is 80.6 Å². The average molecular weight is 633 g/mol. The van der Waals surface area contributed by atoms with Gasteiger partial charge in [0, 0.05) is 22.6 Å². The van der Waals surface area contributed by atoms with E-state index in [0.29, 0.717) is 27.7 Å². The van der Waals surface area contributed by atoms with Crippen LogP contribution >= 0.6 is 23.2 Å². The maximum Gasteiger partial charge on any atom is 0.264 e. The van der Waals surface area contributed by atoms with Crippen LogP contribution in [0.4, 0.5) is 5.69 Å². The van der Waals surface area contributed by atoms with Crippen LogP contribution in [0.5, 0.6) is 0 Å². The van der Waals surface area contributed by atoms with Crippen molar-refractivity contribution in [1.29, 1.82) is 0 Å². The molecule has 3 rings (SSSR count). The maximum atomic E-state index is 14.2. The van der Waals surface area contributed by atoms with Crippen molar-refractivity contribution < 1.29 is 18.0 Å². The van der Waals surface area contributed by atoms with Gasteiger partial charge in [0.1, 0.15) is 12.6 Å². The number of hydrogen-bond acceptors (Lipinski definition) is 4. The van der Waals surface area contributed by atoms with Crippen LogP contribution in [0, 0.1) is 6.92 Å². The lowest BCUT2D eigenvalue weighted by molar-refractivity contribution is -0.140. The minimum absolute atomic E-state index is 0.0104. The van der Waals surface area contributed by atoms with Gasteiger partial charge in [0.2, 0.25) is 11.8 Å². The van der Waals surface area contributed by atoms with E-state index in [1.54, 1.807) is 49.4 Å². The summed E-state index contributed by atoms with van der Waals surface area (Å²) >= 11 is 12.6. The zero-order valence-electron chi connectivity index (χ0n) is 24.9. The fraction of sp³-hybridized carbons (Fsp3) is 0.375. The van der Waals surface area contributed by atoms with E-state index >= 15 is 0 Å². The predicted octanol–water partition coefficient (Wildman–Crippen LogP) is 6.95. The Labute approximate surface area is 259 Å². The van der Waals surface area contributed by atoms with Crippen molar-refractivity contribution in [3.8, 4) is 0 Å². The van der Waals surface area contributed by atoms with E-state index in [1.807, 2.05) is 46.8 Å². The number of hydrogen-bond donors (Lipinski definition) is 1. The molecule has 0 heterocycles. The molecule has 1 unspecified atom stereocenters. The van der Waals surface area contributed by atoms with Crippen LogP contribution in [0.1, 0.15) is 63.6 Å². The molecule has 3 aromatic carbocycles. The van der Waals surface area contributed by atoms with Gasteiger partial charge in [0.05, 0.1) is 10.6 Å². The third-order valence-electron chi connectivity index (χ3n) is 6.91. The Kier molecular flexibility index (Phi) is 11.5. The molecule has 0 aliphatic rings. The molecule has 226 valence electrons. The molecule has 0 radical (unpaired) electrons. The summed E-state index contributed by atoms with van der Waals surface area (Å²) in [5.41, 5.74) is 2.87. The van der Waals surface area contributed by atoms with Gasteiger partial charge in [0.25, 0.3) is 10.0 Å². The molecule has 0 aliphatic heterocycles. The van der Waals surface area contributed by atoms with Crippen molar-refractivity contribution in [1.82, 2.24) is 10.2 Å². The molecule has 0 aliphatic carbocycles. The molecule has 2 amide bonds. The van der Waals surface area contributed by atoms with Crippen molar-refractivity contribution >= 4 is 50.7 Å². The molecule has 10 heteroatoms. The van der Waals surface area contributed by atoms with E-state index in [9.17, 15) is 18.0 Å². The molecular weight excluding hydrogens is 593 g/mol. The fourth-order valence-electron chi connectivity index (χ4n) is 4.53. The highest BCUT2D eigenvalue weighted by Gasteiger charge is 2.34. The Morgan fingerprint density at radius 1 is 0.905 bits per heavy atom. The minimum Gasteiger partial charge on any atom is -0.352 e. The van der Waals surface area contributed by atoms with Crippen molar-refractivity contribution in [2.75, 3.05) is 10.8 Å². The summed E-state index contributed by atoms with van der Waals surface area (Å²) < 4.78 is 29.2. The third-order valence-corrected chi connectivity index (χ3v) is 9.28. The first-order valence-electron chi connectivity index (χ1n) is 14.0. The lowest BCUT2D eigenvalue weighted by atomic mass is 10.0. The Morgan fingerprint density at radius 3 is 2.05 bits per heavy atom. The molecule has 7 nitrogen and oxygen atoms in total. The second kappa shape index (κ2) is 14.4. The molecular formula is C32H39Cl2N3O4S. The topological polar surface area (TPSA) is 86.8 Å².